The number of aromatic nitrogens is 1. The Morgan fingerprint density at radius 2 is 1.96 bits per heavy atom. The Kier molecular flexibility index (Phi) is 6.36. The second-order valence-corrected chi connectivity index (χ2v) is 5.85. The van der Waals surface area contributed by atoms with Gasteiger partial charge in [-0.05, 0) is 36.2 Å². The van der Waals surface area contributed by atoms with Gasteiger partial charge in [-0.2, -0.15) is 0 Å². The number of amides is 2. The second-order valence-electron chi connectivity index (χ2n) is 5.85. The van der Waals surface area contributed by atoms with Gasteiger partial charge in [0, 0.05) is 30.9 Å². The van der Waals surface area contributed by atoms with Gasteiger partial charge < -0.3 is 16.0 Å². The standard InChI is InChI=1S/C18H20N4O2.ClH/c19-14-5-6-15(20-12-14)10-17(23)21-11-13-3-7-16(8-4-13)22-9-1-2-18(22)24;/h3-8,12H,1-2,9-11,19H2,(H,21,23);1H. The number of nitrogens with one attached hydrogen (secondary N) is 1. The summed E-state index contributed by atoms with van der Waals surface area (Å²) >= 11 is 0. The van der Waals surface area contributed by atoms with E-state index < -0.39 is 0 Å². The van der Waals surface area contributed by atoms with Gasteiger partial charge in [0.2, 0.25) is 11.8 Å². The van der Waals surface area contributed by atoms with Crippen LogP contribution in [0.4, 0.5) is 11.4 Å². The summed E-state index contributed by atoms with van der Waals surface area (Å²) < 4.78 is 0. The van der Waals surface area contributed by atoms with E-state index in [1.807, 2.05) is 24.3 Å². The van der Waals surface area contributed by atoms with Crippen LogP contribution in [0.2, 0.25) is 0 Å². The fourth-order valence-electron chi connectivity index (χ4n) is 2.68. The van der Waals surface area contributed by atoms with Crippen molar-refractivity contribution < 1.29 is 9.59 Å². The number of anilines is 2. The van der Waals surface area contributed by atoms with Crippen LogP contribution in [-0.2, 0) is 22.6 Å². The molecule has 2 amide bonds. The Morgan fingerprint density at radius 3 is 2.56 bits per heavy atom. The summed E-state index contributed by atoms with van der Waals surface area (Å²) in [6, 6.07) is 11.2. The summed E-state index contributed by atoms with van der Waals surface area (Å²) in [7, 11) is 0. The lowest BCUT2D eigenvalue weighted by molar-refractivity contribution is -0.120. The van der Waals surface area contributed by atoms with Gasteiger partial charge in [-0.1, -0.05) is 12.1 Å². The van der Waals surface area contributed by atoms with Gasteiger partial charge >= 0.3 is 0 Å². The maximum atomic E-state index is 12.0. The van der Waals surface area contributed by atoms with Crippen molar-refractivity contribution in [3.8, 4) is 0 Å². The Morgan fingerprint density at radius 1 is 1.20 bits per heavy atom. The molecule has 1 aromatic carbocycles. The summed E-state index contributed by atoms with van der Waals surface area (Å²) in [4.78, 5) is 29.6. The highest BCUT2D eigenvalue weighted by molar-refractivity contribution is 5.95. The molecular formula is C18H21ClN4O2. The third-order valence-corrected chi connectivity index (χ3v) is 4.00. The molecule has 0 aliphatic carbocycles. The number of carbonyl (C=O) groups excluding carboxylic acids is 2. The number of nitrogens with zero attached hydrogens (tertiary/aromatic N) is 2. The SMILES string of the molecule is Cl.Nc1ccc(CC(=O)NCc2ccc(N3CCCC3=O)cc2)nc1. The highest BCUT2D eigenvalue weighted by atomic mass is 35.5. The third kappa shape index (κ3) is 4.93. The van der Waals surface area contributed by atoms with Crippen LogP contribution in [0.25, 0.3) is 0 Å². The zero-order valence-corrected chi connectivity index (χ0v) is 14.6. The molecule has 1 saturated heterocycles. The van der Waals surface area contributed by atoms with Crippen LogP contribution < -0.4 is 16.0 Å². The van der Waals surface area contributed by atoms with E-state index in [0.29, 0.717) is 24.3 Å². The molecule has 0 radical (unpaired) electrons. The number of nitrogens with two attached hydrogens (primary N) is 1. The summed E-state index contributed by atoms with van der Waals surface area (Å²) in [6.07, 6.45) is 3.30. The van der Waals surface area contributed by atoms with Gasteiger partial charge in [-0.25, -0.2) is 0 Å². The number of hydrogen-bond donors (Lipinski definition) is 2. The van der Waals surface area contributed by atoms with Crippen molar-refractivity contribution in [2.24, 2.45) is 0 Å². The Bertz CT molecular complexity index is 732. The lowest BCUT2D eigenvalue weighted by Gasteiger charge is -2.16. The molecule has 7 heteroatoms. The molecule has 6 nitrogen and oxygen atoms in total. The first-order chi connectivity index (χ1) is 11.6. The van der Waals surface area contributed by atoms with E-state index in [1.165, 1.54) is 0 Å². The number of halogens is 1. The van der Waals surface area contributed by atoms with Crippen LogP contribution >= 0.6 is 12.4 Å². The predicted octanol–water partition coefficient (Wildman–Crippen LogP) is 2.07. The second kappa shape index (κ2) is 8.48. The molecule has 0 saturated carbocycles. The molecule has 2 heterocycles. The lowest BCUT2D eigenvalue weighted by atomic mass is 10.2. The number of carbonyl (C=O) groups is 2. The highest BCUT2D eigenvalue weighted by Crippen LogP contribution is 2.21. The van der Waals surface area contributed by atoms with Gasteiger partial charge in [-0.15, -0.1) is 12.4 Å². The zero-order chi connectivity index (χ0) is 16.9. The molecule has 2 aromatic rings. The normalized spacial score (nSPS) is 13.4. The van der Waals surface area contributed by atoms with Crippen molar-refractivity contribution in [2.75, 3.05) is 17.2 Å². The average Bonchev–Trinajstić information content (AvgIpc) is 3.02. The minimum absolute atomic E-state index is 0. The number of pyridine rings is 1. The van der Waals surface area contributed by atoms with E-state index in [4.69, 9.17) is 5.73 Å². The molecule has 0 spiro atoms. The van der Waals surface area contributed by atoms with Gasteiger partial charge in [0.25, 0.3) is 0 Å². The van der Waals surface area contributed by atoms with Gasteiger partial charge in [0.05, 0.1) is 18.3 Å². The highest BCUT2D eigenvalue weighted by Gasteiger charge is 2.21. The number of nitrogen functional groups attached to an aromatic ring is 1. The maximum Gasteiger partial charge on any atom is 0.227 e. The van der Waals surface area contributed by atoms with Crippen molar-refractivity contribution in [2.45, 2.75) is 25.8 Å². The van der Waals surface area contributed by atoms with E-state index >= 15 is 0 Å². The summed E-state index contributed by atoms with van der Waals surface area (Å²) in [5, 5.41) is 2.87. The first kappa shape index (κ1) is 18.7. The number of rotatable bonds is 5. The van der Waals surface area contributed by atoms with Crippen LogP contribution in [0, 0.1) is 0 Å². The van der Waals surface area contributed by atoms with E-state index in [0.717, 1.165) is 24.2 Å². The van der Waals surface area contributed by atoms with E-state index in [2.05, 4.69) is 10.3 Å². The molecule has 0 unspecified atom stereocenters. The summed E-state index contributed by atoms with van der Waals surface area (Å²) in [5.41, 5.74) is 8.74. The Labute approximate surface area is 152 Å². The zero-order valence-electron chi connectivity index (χ0n) is 13.8. The molecule has 1 aliphatic heterocycles. The molecule has 1 fully saturated rings. The first-order valence-electron chi connectivity index (χ1n) is 7.98. The van der Waals surface area contributed by atoms with E-state index in [9.17, 15) is 9.59 Å². The quantitative estimate of drug-likeness (QED) is 0.854. The van der Waals surface area contributed by atoms with E-state index in [-0.39, 0.29) is 30.6 Å². The first-order valence-corrected chi connectivity index (χ1v) is 7.98. The molecule has 1 aliphatic rings. The van der Waals surface area contributed by atoms with Crippen molar-refractivity contribution in [1.82, 2.24) is 10.3 Å². The summed E-state index contributed by atoms with van der Waals surface area (Å²) in [6.45, 7) is 1.23. The molecule has 25 heavy (non-hydrogen) atoms. The van der Waals surface area contributed by atoms with Gasteiger partial charge in [0.15, 0.2) is 0 Å². The molecule has 1 aromatic heterocycles. The van der Waals surface area contributed by atoms with Crippen LogP contribution in [-0.4, -0.2) is 23.3 Å². The molecule has 0 bridgehead atoms. The van der Waals surface area contributed by atoms with Crippen LogP contribution in [0.15, 0.2) is 42.6 Å². The van der Waals surface area contributed by atoms with Gasteiger partial charge in [-0.3, -0.25) is 14.6 Å². The lowest BCUT2D eigenvalue weighted by Crippen LogP contribution is -2.25. The molecule has 0 atom stereocenters. The predicted molar refractivity (Wildman–Crippen MR) is 99.5 cm³/mol. The van der Waals surface area contributed by atoms with Crippen LogP contribution in [0.3, 0.4) is 0 Å². The van der Waals surface area contributed by atoms with Crippen LogP contribution in [0.1, 0.15) is 24.1 Å². The minimum atomic E-state index is -0.0916. The number of hydrogen-bond acceptors (Lipinski definition) is 4. The number of benzene rings is 1. The Hall–Kier alpha value is -2.60. The van der Waals surface area contributed by atoms with Crippen molar-refractivity contribution in [1.29, 1.82) is 0 Å². The third-order valence-electron chi connectivity index (χ3n) is 4.00. The van der Waals surface area contributed by atoms with Crippen molar-refractivity contribution in [3.05, 3.63) is 53.9 Å². The average molecular weight is 361 g/mol. The van der Waals surface area contributed by atoms with E-state index in [1.54, 1.807) is 23.2 Å². The molecule has 3 N–H and O–H groups in total. The molecule has 3 rings (SSSR count). The Balaban J connectivity index is 0.00000225. The molecule has 132 valence electrons. The van der Waals surface area contributed by atoms with Gasteiger partial charge in [0.1, 0.15) is 0 Å². The largest absolute Gasteiger partial charge is 0.397 e. The topological polar surface area (TPSA) is 88.3 Å². The van der Waals surface area contributed by atoms with Crippen molar-refractivity contribution >= 4 is 35.6 Å². The summed E-state index contributed by atoms with van der Waals surface area (Å²) in [5.74, 6) is 0.0816. The maximum absolute atomic E-state index is 12.0. The fourth-order valence-corrected chi connectivity index (χ4v) is 2.68. The monoisotopic (exact) mass is 360 g/mol. The van der Waals surface area contributed by atoms with Crippen LogP contribution in [0.5, 0.6) is 0 Å². The fraction of sp³-hybridized carbons (Fsp3) is 0.278. The molecular weight excluding hydrogens is 340 g/mol. The smallest absolute Gasteiger partial charge is 0.227 e. The van der Waals surface area contributed by atoms with Crippen molar-refractivity contribution in [3.63, 3.8) is 0 Å². The minimum Gasteiger partial charge on any atom is -0.397 e.